The van der Waals surface area contributed by atoms with Gasteiger partial charge in [0, 0.05) is 24.7 Å². The van der Waals surface area contributed by atoms with Gasteiger partial charge in [0.15, 0.2) is 18.1 Å². The Balaban J connectivity index is 1.35. The summed E-state index contributed by atoms with van der Waals surface area (Å²) in [6.07, 6.45) is 3.52. The quantitative estimate of drug-likeness (QED) is 0.662. The molecule has 2 heterocycles. The van der Waals surface area contributed by atoms with Gasteiger partial charge in [-0.05, 0) is 62.7 Å². The highest BCUT2D eigenvalue weighted by molar-refractivity contribution is 5.95. The van der Waals surface area contributed by atoms with Crippen molar-refractivity contribution in [2.24, 2.45) is 0 Å². The fraction of sp³-hybridized carbons (Fsp3) is 0.440. The van der Waals surface area contributed by atoms with Crippen LogP contribution in [0.5, 0.6) is 17.2 Å². The number of nitrogens with zero attached hydrogens (tertiary/aromatic N) is 2. The maximum absolute atomic E-state index is 13.1. The second-order valence-electron chi connectivity index (χ2n) is 8.34. The molecular weight excluding hydrogens is 422 g/mol. The van der Waals surface area contributed by atoms with E-state index in [1.54, 1.807) is 37.4 Å². The van der Waals surface area contributed by atoms with Gasteiger partial charge in [-0.2, -0.15) is 0 Å². The van der Waals surface area contributed by atoms with Crippen molar-refractivity contribution >= 4 is 17.5 Å². The lowest BCUT2D eigenvalue weighted by molar-refractivity contribution is -0.118. The predicted octanol–water partition coefficient (Wildman–Crippen LogP) is 3.03. The molecule has 1 atom stereocenters. The topological polar surface area (TPSA) is 80.3 Å². The number of hydrogen-bond acceptors (Lipinski definition) is 6. The summed E-state index contributed by atoms with van der Waals surface area (Å²) in [5.41, 5.74) is 1.12. The van der Waals surface area contributed by atoms with Gasteiger partial charge >= 0.3 is 0 Å². The van der Waals surface area contributed by atoms with E-state index >= 15 is 0 Å². The largest absolute Gasteiger partial charge is 0.495 e. The first kappa shape index (κ1) is 22.9. The van der Waals surface area contributed by atoms with Crippen LogP contribution in [0.3, 0.4) is 0 Å². The molecule has 0 radical (unpaired) electrons. The molecule has 2 fully saturated rings. The Kier molecular flexibility index (Phi) is 7.34. The van der Waals surface area contributed by atoms with Gasteiger partial charge in [0.25, 0.3) is 11.8 Å². The zero-order valence-corrected chi connectivity index (χ0v) is 19.2. The first-order chi connectivity index (χ1) is 16.1. The number of anilines is 1. The van der Waals surface area contributed by atoms with Gasteiger partial charge in [-0.1, -0.05) is 12.1 Å². The third kappa shape index (κ3) is 5.39. The number of amides is 2. The number of hydrogen-bond donors (Lipinski definition) is 1. The molecule has 33 heavy (non-hydrogen) atoms. The molecule has 0 saturated carbocycles. The number of nitrogens with one attached hydrogen (secondary N) is 1. The molecule has 2 aromatic carbocycles. The highest BCUT2D eigenvalue weighted by atomic mass is 16.5. The Morgan fingerprint density at radius 3 is 2.48 bits per heavy atom. The lowest BCUT2D eigenvalue weighted by atomic mass is 10.1. The van der Waals surface area contributed by atoms with Gasteiger partial charge in [0.2, 0.25) is 0 Å². The van der Waals surface area contributed by atoms with Crippen LogP contribution in [-0.4, -0.2) is 74.7 Å². The van der Waals surface area contributed by atoms with E-state index < -0.39 is 0 Å². The first-order valence-corrected chi connectivity index (χ1v) is 11.4. The van der Waals surface area contributed by atoms with Crippen LogP contribution in [-0.2, 0) is 4.79 Å². The fourth-order valence-electron chi connectivity index (χ4n) is 4.51. The minimum absolute atomic E-state index is 0.00420. The number of likely N-dealkylation sites (tertiary alicyclic amines) is 2. The molecule has 2 aliphatic rings. The summed E-state index contributed by atoms with van der Waals surface area (Å²) >= 11 is 0. The van der Waals surface area contributed by atoms with Crippen LogP contribution in [0.4, 0.5) is 5.69 Å². The molecule has 2 aromatic rings. The SMILES string of the molecule is COc1ccccc1NC(=O)COc1ccc(C(=O)N2CCC(N3CCCC3)C2)cc1OC. The van der Waals surface area contributed by atoms with Gasteiger partial charge < -0.3 is 24.4 Å². The molecule has 176 valence electrons. The molecule has 2 aliphatic heterocycles. The third-order valence-corrected chi connectivity index (χ3v) is 6.26. The Labute approximate surface area is 194 Å². The van der Waals surface area contributed by atoms with E-state index in [-0.39, 0.29) is 18.4 Å². The summed E-state index contributed by atoms with van der Waals surface area (Å²) in [6, 6.07) is 12.7. The van der Waals surface area contributed by atoms with Crippen molar-refractivity contribution in [3.8, 4) is 17.2 Å². The van der Waals surface area contributed by atoms with E-state index in [9.17, 15) is 9.59 Å². The third-order valence-electron chi connectivity index (χ3n) is 6.26. The molecule has 1 N–H and O–H groups in total. The number of para-hydroxylation sites is 2. The number of ether oxygens (including phenoxy) is 3. The number of rotatable bonds is 8. The Morgan fingerprint density at radius 2 is 1.73 bits per heavy atom. The molecule has 4 rings (SSSR count). The maximum Gasteiger partial charge on any atom is 0.262 e. The summed E-state index contributed by atoms with van der Waals surface area (Å²) < 4.78 is 16.3. The maximum atomic E-state index is 13.1. The Hall–Kier alpha value is -3.26. The van der Waals surface area contributed by atoms with Gasteiger partial charge in [0.05, 0.1) is 19.9 Å². The number of carbonyl (C=O) groups excluding carboxylic acids is 2. The molecule has 0 aromatic heterocycles. The van der Waals surface area contributed by atoms with E-state index in [0.717, 1.165) is 32.6 Å². The van der Waals surface area contributed by atoms with Crippen LogP contribution in [0.2, 0.25) is 0 Å². The van der Waals surface area contributed by atoms with Crippen molar-refractivity contribution in [1.82, 2.24) is 9.80 Å². The normalized spacial score (nSPS) is 18.2. The van der Waals surface area contributed by atoms with Crippen molar-refractivity contribution in [2.75, 3.05) is 52.3 Å². The van der Waals surface area contributed by atoms with Crippen molar-refractivity contribution in [3.63, 3.8) is 0 Å². The van der Waals surface area contributed by atoms with Crippen molar-refractivity contribution in [1.29, 1.82) is 0 Å². The second kappa shape index (κ2) is 10.6. The highest BCUT2D eigenvalue weighted by Crippen LogP contribution is 2.30. The average Bonchev–Trinajstić information content (AvgIpc) is 3.55. The van der Waals surface area contributed by atoms with E-state index in [4.69, 9.17) is 14.2 Å². The molecule has 2 saturated heterocycles. The minimum Gasteiger partial charge on any atom is -0.495 e. The smallest absolute Gasteiger partial charge is 0.262 e. The van der Waals surface area contributed by atoms with Gasteiger partial charge in [0.1, 0.15) is 5.75 Å². The van der Waals surface area contributed by atoms with Crippen LogP contribution in [0, 0.1) is 0 Å². The number of benzene rings is 2. The van der Waals surface area contributed by atoms with E-state index in [1.807, 2.05) is 17.0 Å². The van der Waals surface area contributed by atoms with E-state index in [0.29, 0.717) is 34.5 Å². The van der Waals surface area contributed by atoms with Gasteiger partial charge in [-0.3, -0.25) is 14.5 Å². The zero-order chi connectivity index (χ0) is 23.2. The molecule has 8 nitrogen and oxygen atoms in total. The van der Waals surface area contributed by atoms with Crippen molar-refractivity contribution < 1.29 is 23.8 Å². The van der Waals surface area contributed by atoms with Crippen LogP contribution in [0.1, 0.15) is 29.6 Å². The molecule has 0 bridgehead atoms. The number of carbonyl (C=O) groups is 2. The lowest BCUT2D eigenvalue weighted by Gasteiger charge is -2.23. The lowest BCUT2D eigenvalue weighted by Crippen LogP contribution is -2.37. The summed E-state index contributed by atoms with van der Waals surface area (Å²) in [5.74, 6) is 1.06. The second-order valence-corrected chi connectivity index (χ2v) is 8.34. The van der Waals surface area contributed by atoms with Gasteiger partial charge in [-0.25, -0.2) is 0 Å². The first-order valence-electron chi connectivity index (χ1n) is 11.4. The van der Waals surface area contributed by atoms with E-state index in [1.165, 1.54) is 20.0 Å². The molecule has 1 unspecified atom stereocenters. The zero-order valence-electron chi connectivity index (χ0n) is 19.2. The van der Waals surface area contributed by atoms with Crippen LogP contribution in [0.15, 0.2) is 42.5 Å². The van der Waals surface area contributed by atoms with Crippen LogP contribution < -0.4 is 19.5 Å². The van der Waals surface area contributed by atoms with Crippen molar-refractivity contribution in [2.45, 2.75) is 25.3 Å². The van der Waals surface area contributed by atoms with Crippen LogP contribution >= 0.6 is 0 Å². The van der Waals surface area contributed by atoms with Gasteiger partial charge in [-0.15, -0.1) is 0 Å². The monoisotopic (exact) mass is 453 g/mol. The standard InChI is InChI=1S/C25H31N3O5/c1-31-21-8-4-3-7-20(21)26-24(29)17-33-22-10-9-18(15-23(22)32-2)25(30)28-14-11-19(16-28)27-12-5-6-13-27/h3-4,7-10,15,19H,5-6,11-14,16-17H2,1-2H3,(H,26,29). The Bertz CT molecular complexity index is 990. The summed E-state index contributed by atoms with van der Waals surface area (Å²) in [4.78, 5) is 29.8. The summed E-state index contributed by atoms with van der Waals surface area (Å²) in [6.45, 7) is 3.60. The molecule has 0 spiro atoms. The molecule has 0 aliphatic carbocycles. The summed E-state index contributed by atoms with van der Waals surface area (Å²) in [5, 5.41) is 2.77. The highest BCUT2D eigenvalue weighted by Gasteiger charge is 2.32. The van der Waals surface area contributed by atoms with E-state index in [2.05, 4.69) is 10.2 Å². The predicted molar refractivity (Wildman–Crippen MR) is 125 cm³/mol. The number of methoxy groups -OCH3 is 2. The molecular formula is C25H31N3O5. The molecule has 2 amide bonds. The fourth-order valence-corrected chi connectivity index (χ4v) is 4.51. The molecule has 8 heteroatoms. The average molecular weight is 454 g/mol. The Morgan fingerprint density at radius 1 is 0.970 bits per heavy atom. The van der Waals surface area contributed by atoms with Crippen LogP contribution in [0.25, 0.3) is 0 Å². The van der Waals surface area contributed by atoms with Crippen molar-refractivity contribution in [3.05, 3.63) is 48.0 Å². The minimum atomic E-state index is -0.327. The summed E-state index contributed by atoms with van der Waals surface area (Å²) in [7, 11) is 3.06.